The Labute approximate surface area is 134 Å². The lowest BCUT2D eigenvalue weighted by molar-refractivity contribution is -0.150. The van der Waals surface area contributed by atoms with Crippen molar-refractivity contribution in [3.63, 3.8) is 0 Å². The number of carbonyl (C=O) groups is 2. The van der Waals surface area contributed by atoms with Gasteiger partial charge >= 0.3 is 11.9 Å². The minimum absolute atomic E-state index is 0.0863. The number of halogens is 1. The Kier molecular flexibility index (Phi) is 5.32. The number of alkyl halides is 1. The van der Waals surface area contributed by atoms with E-state index in [9.17, 15) is 14.0 Å². The van der Waals surface area contributed by atoms with Gasteiger partial charge in [-0.3, -0.25) is 0 Å². The number of benzene rings is 1. The lowest BCUT2D eigenvalue weighted by atomic mass is 9.98. The summed E-state index contributed by atoms with van der Waals surface area (Å²) < 4.78 is 23.4. The molecule has 1 atom stereocenters. The van der Waals surface area contributed by atoms with E-state index in [4.69, 9.17) is 4.74 Å². The molecular formula is C18H19FO4. The van der Waals surface area contributed by atoms with E-state index in [0.29, 0.717) is 17.9 Å². The molecule has 0 aromatic heterocycles. The van der Waals surface area contributed by atoms with Crippen molar-refractivity contribution in [2.75, 3.05) is 6.61 Å². The van der Waals surface area contributed by atoms with Crippen molar-refractivity contribution in [2.24, 2.45) is 0 Å². The number of esters is 2. The van der Waals surface area contributed by atoms with Crippen LogP contribution in [0.5, 0.6) is 5.75 Å². The monoisotopic (exact) mass is 318 g/mol. The second-order valence-electron chi connectivity index (χ2n) is 5.63. The fourth-order valence-electron chi connectivity index (χ4n) is 2.20. The number of ether oxygens (including phenoxy) is 2. The third kappa shape index (κ3) is 4.28. The highest BCUT2D eigenvalue weighted by Gasteiger charge is 2.34. The van der Waals surface area contributed by atoms with Crippen LogP contribution in [0.4, 0.5) is 4.39 Å². The van der Waals surface area contributed by atoms with Gasteiger partial charge in [-0.2, -0.15) is 0 Å². The minimum Gasteiger partial charge on any atom is -0.490 e. The molecule has 23 heavy (non-hydrogen) atoms. The number of hydrogen-bond acceptors (Lipinski definition) is 4. The normalized spacial score (nSPS) is 15.5. The molecule has 1 unspecified atom stereocenters. The smallest absolute Gasteiger partial charge is 0.347 e. The van der Waals surface area contributed by atoms with Gasteiger partial charge < -0.3 is 9.47 Å². The Balaban J connectivity index is 2.22. The molecule has 122 valence electrons. The molecule has 0 amide bonds. The number of cyclic esters (lactones) is 2. The Morgan fingerprint density at radius 2 is 1.87 bits per heavy atom. The predicted molar refractivity (Wildman–Crippen MR) is 84.6 cm³/mol. The average Bonchev–Trinajstić information content (AvgIpc) is 2.73. The van der Waals surface area contributed by atoms with Gasteiger partial charge in [0.25, 0.3) is 0 Å². The van der Waals surface area contributed by atoms with E-state index in [1.807, 2.05) is 19.9 Å². The molecule has 2 rings (SSSR count). The Hall–Kier alpha value is -2.43. The molecule has 0 saturated heterocycles. The van der Waals surface area contributed by atoms with Gasteiger partial charge in [-0.05, 0) is 44.5 Å². The van der Waals surface area contributed by atoms with Crippen molar-refractivity contribution in [1.29, 1.82) is 0 Å². The molecule has 0 aliphatic carbocycles. The largest absolute Gasteiger partial charge is 0.490 e. The summed E-state index contributed by atoms with van der Waals surface area (Å²) in [4.78, 5) is 23.5. The number of hydrogen-bond donors (Lipinski definition) is 0. The first-order chi connectivity index (χ1) is 10.9. The quantitative estimate of drug-likeness (QED) is 0.457. The molecular weight excluding hydrogens is 299 g/mol. The molecule has 0 saturated carbocycles. The molecule has 0 fully saturated rings. The molecule has 0 bridgehead atoms. The van der Waals surface area contributed by atoms with Crippen LogP contribution >= 0.6 is 0 Å². The van der Waals surface area contributed by atoms with Gasteiger partial charge in [0, 0.05) is 6.42 Å². The molecule has 1 aliphatic heterocycles. The van der Waals surface area contributed by atoms with Crippen molar-refractivity contribution in [3.8, 4) is 5.75 Å². The zero-order valence-corrected chi connectivity index (χ0v) is 13.4. The molecule has 1 aromatic rings. The van der Waals surface area contributed by atoms with E-state index in [-0.39, 0.29) is 17.6 Å². The third-order valence-electron chi connectivity index (χ3n) is 3.31. The van der Waals surface area contributed by atoms with Crippen molar-refractivity contribution < 1.29 is 23.5 Å². The maximum atomic E-state index is 13.2. The Morgan fingerprint density at radius 1 is 1.22 bits per heavy atom. The van der Waals surface area contributed by atoms with Crippen molar-refractivity contribution in [1.82, 2.24) is 0 Å². The summed E-state index contributed by atoms with van der Waals surface area (Å²) in [6.07, 6.45) is 0.577. The van der Waals surface area contributed by atoms with Gasteiger partial charge in [-0.1, -0.05) is 17.7 Å². The van der Waals surface area contributed by atoms with E-state index in [2.05, 4.69) is 4.74 Å². The van der Waals surface area contributed by atoms with Gasteiger partial charge in [-0.25, -0.2) is 14.0 Å². The molecule has 0 radical (unpaired) electrons. The maximum absolute atomic E-state index is 13.2. The topological polar surface area (TPSA) is 52.6 Å². The first-order valence-corrected chi connectivity index (χ1v) is 7.38. The highest BCUT2D eigenvalue weighted by molar-refractivity contribution is 6.30. The first kappa shape index (κ1) is 16.9. The summed E-state index contributed by atoms with van der Waals surface area (Å²) in [6, 6.07) is 6.73. The molecule has 4 nitrogen and oxygen atoms in total. The van der Waals surface area contributed by atoms with Crippen molar-refractivity contribution in [2.45, 2.75) is 33.4 Å². The summed E-state index contributed by atoms with van der Waals surface area (Å²) in [5, 5.41) is 0. The van der Waals surface area contributed by atoms with Crippen molar-refractivity contribution >= 4 is 17.5 Å². The van der Waals surface area contributed by atoms with E-state index < -0.39 is 18.1 Å². The average molecular weight is 318 g/mol. The highest BCUT2D eigenvalue weighted by atomic mass is 19.1. The molecule has 1 heterocycles. The summed E-state index contributed by atoms with van der Waals surface area (Å²) in [5.74, 6) is -0.854. The van der Waals surface area contributed by atoms with Gasteiger partial charge in [0.05, 0.1) is 11.1 Å². The molecule has 1 aliphatic rings. The second kappa shape index (κ2) is 7.22. The van der Waals surface area contributed by atoms with E-state index in [0.717, 1.165) is 5.57 Å². The molecule has 1 aromatic carbocycles. The first-order valence-electron chi connectivity index (χ1n) is 7.38. The van der Waals surface area contributed by atoms with E-state index in [1.54, 1.807) is 24.3 Å². The Bertz CT molecular complexity index is 665. The zero-order chi connectivity index (χ0) is 17.0. The maximum Gasteiger partial charge on any atom is 0.347 e. The molecule has 0 N–H and O–H groups in total. The van der Waals surface area contributed by atoms with Crippen LogP contribution < -0.4 is 4.74 Å². The summed E-state index contributed by atoms with van der Waals surface area (Å²) in [5.41, 5.74) is 1.90. The van der Waals surface area contributed by atoms with Gasteiger partial charge in [-0.15, -0.1) is 0 Å². The van der Waals surface area contributed by atoms with Crippen LogP contribution in [-0.2, 0) is 14.3 Å². The van der Waals surface area contributed by atoms with Gasteiger partial charge in [0.1, 0.15) is 18.5 Å². The molecule has 5 heteroatoms. The number of carbonyl (C=O) groups excluding carboxylic acids is 2. The summed E-state index contributed by atoms with van der Waals surface area (Å²) >= 11 is 0. The van der Waals surface area contributed by atoms with Gasteiger partial charge in [0.2, 0.25) is 0 Å². The zero-order valence-electron chi connectivity index (χ0n) is 13.4. The van der Waals surface area contributed by atoms with Crippen LogP contribution in [-0.4, -0.2) is 24.7 Å². The van der Waals surface area contributed by atoms with Crippen LogP contribution in [0, 0.1) is 0 Å². The van der Waals surface area contributed by atoms with Crippen LogP contribution in [0.2, 0.25) is 0 Å². The number of rotatable bonds is 6. The SMILES string of the molecule is CC(C)=CCOc1ccc(C2=C(CC(C)F)C(=O)OC2=O)cc1. The van der Waals surface area contributed by atoms with E-state index >= 15 is 0 Å². The lowest BCUT2D eigenvalue weighted by Gasteiger charge is -2.06. The summed E-state index contributed by atoms with van der Waals surface area (Å²) in [6.45, 7) is 5.75. The fourth-order valence-corrected chi connectivity index (χ4v) is 2.20. The van der Waals surface area contributed by atoms with Crippen LogP contribution in [0.15, 0.2) is 41.5 Å². The fraction of sp³-hybridized carbons (Fsp3) is 0.333. The minimum atomic E-state index is -1.23. The second-order valence-corrected chi connectivity index (χ2v) is 5.63. The summed E-state index contributed by atoms with van der Waals surface area (Å²) in [7, 11) is 0. The lowest BCUT2D eigenvalue weighted by Crippen LogP contribution is -2.05. The van der Waals surface area contributed by atoms with Crippen LogP contribution in [0.3, 0.4) is 0 Å². The van der Waals surface area contributed by atoms with Gasteiger partial charge in [0.15, 0.2) is 0 Å². The molecule has 0 spiro atoms. The third-order valence-corrected chi connectivity index (χ3v) is 3.31. The standard InChI is InChI=1S/C18H19FO4/c1-11(2)8-9-22-14-6-4-13(5-7-14)16-15(10-12(3)19)17(20)23-18(16)21/h4-8,12H,9-10H2,1-3H3. The van der Waals surface area contributed by atoms with Crippen LogP contribution in [0.25, 0.3) is 5.57 Å². The highest BCUT2D eigenvalue weighted by Crippen LogP contribution is 2.31. The van der Waals surface area contributed by atoms with Crippen LogP contribution in [0.1, 0.15) is 32.8 Å². The Morgan fingerprint density at radius 3 is 2.43 bits per heavy atom. The predicted octanol–water partition coefficient (Wildman–Crippen LogP) is 3.62. The van der Waals surface area contributed by atoms with E-state index in [1.165, 1.54) is 6.92 Å². The van der Waals surface area contributed by atoms with Crippen molar-refractivity contribution in [3.05, 3.63) is 47.1 Å². The number of allylic oxidation sites excluding steroid dienone is 1.